The van der Waals surface area contributed by atoms with Crippen LogP contribution in [0.4, 0.5) is 0 Å². The molecule has 1 aliphatic rings. The van der Waals surface area contributed by atoms with Gasteiger partial charge in [-0.25, -0.2) is 4.98 Å². The van der Waals surface area contributed by atoms with Crippen LogP contribution in [0.3, 0.4) is 0 Å². The summed E-state index contributed by atoms with van der Waals surface area (Å²) < 4.78 is 0. The van der Waals surface area contributed by atoms with Crippen molar-refractivity contribution in [3.8, 4) is 0 Å². The van der Waals surface area contributed by atoms with E-state index in [0.29, 0.717) is 11.5 Å². The number of likely N-dealkylation sites (N-methyl/N-ethyl adjacent to an activating group) is 1. The first-order valence-corrected chi connectivity index (χ1v) is 7.90. The first-order valence-electron chi connectivity index (χ1n) is 7.02. The third kappa shape index (κ3) is 2.58. The Morgan fingerprint density at radius 2 is 2.11 bits per heavy atom. The van der Waals surface area contributed by atoms with Crippen LogP contribution in [0.1, 0.15) is 30.3 Å². The van der Waals surface area contributed by atoms with Gasteiger partial charge in [-0.05, 0) is 24.9 Å². The van der Waals surface area contributed by atoms with Crippen LogP contribution in [0.5, 0.6) is 0 Å². The summed E-state index contributed by atoms with van der Waals surface area (Å²) in [6.45, 7) is 3.21. The monoisotopic (exact) mass is 272 g/mol. The van der Waals surface area contributed by atoms with E-state index in [0.717, 1.165) is 13.0 Å². The van der Waals surface area contributed by atoms with Gasteiger partial charge in [0.05, 0.1) is 5.01 Å². The Morgan fingerprint density at radius 3 is 2.68 bits per heavy atom. The van der Waals surface area contributed by atoms with Crippen LogP contribution >= 0.6 is 11.3 Å². The molecule has 1 aromatic carbocycles. The second-order valence-corrected chi connectivity index (χ2v) is 6.24. The van der Waals surface area contributed by atoms with Crippen molar-refractivity contribution in [2.45, 2.75) is 37.6 Å². The van der Waals surface area contributed by atoms with Crippen molar-refractivity contribution < 1.29 is 0 Å². The smallest absolute Gasteiger partial charge is 0.0940 e. The zero-order chi connectivity index (χ0) is 13.1. The summed E-state index contributed by atoms with van der Waals surface area (Å²) >= 11 is 1.77. The molecule has 3 rings (SSSR count). The summed E-state index contributed by atoms with van der Waals surface area (Å²) in [5.41, 5.74) is 1.82. The number of thiazole rings is 1. The Balaban J connectivity index is 1.83. The molecule has 1 fully saturated rings. The maximum atomic E-state index is 4.45. The van der Waals surface area contributed by atoms with Crippen LogP contribution in [0.25, 0.3) is 0 Å². The molecule has 0 radical (unpaired) electrons. The van der Waals surface area contributed by atoms with E-state index < -0.39 is 0 Å². The molecule has 2 aromatic rings. The SMILES string of the molecule is CCNC(Cc1nccs1)C1(c2ccccc2)CC1. The van der Waals surface area contributed by atoms with E-state index in [2.05, 4.69) is 52.9 Å². The van der Waals surface area contributed by atoms with Gasteiger partial charge in [0, 0.05) is 29.5 Å². The molecule has 3 heteroatoms. The van der Waals surface area contributed by atoms with E-state index in [4.69, 9.17) is 0 Å². The van der Waals surface area contributed by atoms with Gasteiger partial charge >= 0.3 is 0 Å². The van der Waals surface area contributed by atoms with Crippen LogP contribution in [0.15, 0.2) is 41.9 Å². The molecule has 1 atom stereocenters. The van der Waals surface area contributed by atoms with Crippen molar-refractivity contribution in [2.75, 3.05) is 6.54 Å². The lowest BCUT2D eigenvalue weighted by Gasteiger charge is -2.27. The van der Waals surface area contributed by atoms with E-state index in [9.17, 15) is 0 Å². The molecule has 1 saturated carbocycles. The molecule has 2 nitrogen and oxygen atoms in total. The fraction of sp³-hybridized carbons (Fsp3) is 0.438. The summed E-state index contributed by atoms with van der Waals surface area (Å²) in [4.78, 5) is 4.45. The van der Waals surface area contributed by atoms with E-state index in [1.807, 2.05) is 6.20 Å². The van der Waals surface area contributed by atoms with Crippen LogP contribution in [0.2, 0.25) is 0 Å². The number of hydrogen-bond acceptors (Lipinski definition) is 3. The van der Waals surface area contributed by atoms with Gasteiger partial charge < -0.3 is 5.32 Å². The normalized spacial score (nSPS) is 18.2. The molecule has 0 bridgehead atoms. The largest absolute Gasteiger partial charge is 0.313 e. The Labute approximate surface area is 118 Å². The first-order chi connectivity index (χ1) is 9.35. The highest BCUT2D eigenvalue weighted by Crippen LogP contribution is 2.51. The highest BCUT2D eigenvalue weighted by atomic mass is 32.1. The zero-order valence-electron chi connectivity index (χ0n) is 11.3. The molecule has 0 amide bonds. The van der Waals surface area contributed by atoms with Crippen molar-refractivity contribution in [3.63, 3.8) is 0 Å². The number of aromatic nitrogens is 1. The van der Waals surface area contributed by atoms with Gasteiger partial charge in [-0.2, -0.15) is 0 Å². The van der Waals surface area contributed by atoms with Crippen molar-refractivity contribution in [1.29, 1.82) is 0 Å². The van der Waals surface area contributed by atoms with E-state index >= 15 is 0 Å². The number of benzene rings is 1. The van der Waals surface area contributed by atoms with E-state index in [1.54, 1.807) is 11.3 Å². The quantitative estimate of drug-likeness (QED) is 0.872. The highest BCUT2D eigenvalue weighted by Gasteiger charge is 2.50. The van der Waals surface area contributed by atoms with Gasteiger partial charge in [0.25, 0.3) is 0 Å². The van der Waals surface area contributed by atoms with Crippen LogP contribution in [0, 0.1) is 0 Å². The fourth-order valence-corrected chi connectivity index (χ4v) is 3.64. The maximum absolute atomic E-state index is 4.45. The number of nitrogens with one attached hydrogen (secondary N) is 1. The summed E-state index contributed by atoms with van der Waals surface area (Å²) in [5.74, 6) is 0. The summed E-state index contributed by atoms with van der Waals surface area (Å²) in [7, 11) is 0. The topological polar surface area (TPSA) is 24.9 Å². The van der Waals surface area contributed by atoms with Gasteiger partial charge in [-0.15, -0.1) is 11.3 Å². The second kappa shape index (κ2) is 5.43. The lowest BCUT2D eigenvalue weighted by Crippen LogP contribution is -2.41. The molecule has 0 spiro atoms. The zero-order valence-corrected chi connectivity index (χ0v) is 12.1. The summed E-state index contributed by atoms with van der Waals surface area (Å²) in [5, 5.41) is 7.00. The van der Waals surface area contributed by atoms with Crippen LogP contribution < -0.4 is 5.32 Å². The molecule has 1 unspecified atom stereocenters. The third-order valence-corrected chi connectivity index (χ3v) is 4.92. The molecule has 1 aromatic heterocycles. The van der Waals surface area contributed by atoms with Gasteiger partial charge in [-0.1, -0.05) is 37.3 Å². The lowest BCUT2D eigenvalue weighted by molar-refractivity contribution is 0.421. The minimum absolute atomic E-state index is 0.336. The predicted octanol–water partition coefficient (Wildman–Crippen LogP) is 3.40. The minimum atomic E-state index is 0.336. The Hall–Kier alpha value is -1.19. The van der Waals surface area contributed by atoms with Gasteiger partial charge in [0.15, 0.2) is 0 Å². The minimum Gasteiger partial charge on any atom is -0.313 e. The third-order valence-electron chi connectivity index (χ3n) is 4.12. The van der Waals surface area contributed by atoms with Gasteiger partial charge in [0.2, 0.25) is 0 Å². The average molecular weight is 272 g/mol. The van der Waals surface area contributed by atoms with Crippen molar-refractivity contribution in [2.24, 2.45) is 0 Å². The van der Waals surface area contributed by atoms with Crippen molar-refractivity contribution >= 4 is 11.3 Å². The Kier molecular flexibility index (Phi) is 3.67. The predicted molar refractivity (Wildman–Crippen MR) is 80.6 cm³/mol. The summed E-state index contributed by atoms with van der Waals surface area (Å²) in [6, 6.07) is 11.5. The standard InChI is InChI=1S/C16H20N2S/c1-2-17-14(12-15-18-10-11-19-15)16(8-9-16)13-6-4-3-5-7-13/h3-7,10-11,14,17H,2,8-9,12H2,1H3. The molecule has 1 aliphatic carbocycles. The second-order valence-electron chi connectivity index (χ2n) is 5.26. The maximum Gasteiger partial charge on any atom is 0.0940 e. The molecular formula is C16H20N2S. The lowest BCUT2D eigenvalue weighted by atomic mass is 9.86. The van der Waals surface area contributed by atoms with Crippen LogP contribution in [-0.4, -0.2) is 17.6 Å². The molecule has 1 N–H and O–H groups in total. The van der Waals surface area contributed by atoms with Gasteiger partial charge in [-0.3, -0.25) is 0 Å². The number of hydrogen-bond donors (Lipinski definition) is 1. The van der Waals surface area contributed by atoms with Gasteiger partial charge in [0.1, 0.15) is 0 Å². The molecule has 0 aliphatic heterocycles. The molecule has 1 heterocycles. The first kappa shape index (κ1) is 12.8. The average Bonchev–Trinajstić information content (AvgIpc) is 3.11. The highest BCUT2D eigenvalue weighted by molar-refractivity contribution is 7.09. The van der Waals surface area contributed by atoms with Crippen LogP contribution in [-0.2, 0) is 11.8 Å². The molecule has 19 heavy (non-hydrogen) atoms. The van der Waals surface area contributed by atoms with E-state index in [1.165, 1.54) is 23.4 Å². The Morgan fingerprint density at radius 1 is 1.32 bits per heavy atom. The van der Waals surface area contributed by atoms with Crippen molar-refractivity contribution in [1.82, 2.24) is 10.3 Å². The molecular weight excluding hydrogens is 252 g/mol. The fourth-order valence-electron chi connectivity index (χ4n) is 2.98. The molecule has 100 valence electrons. The number of nitrogens with zero attached hydrogens (tertiary/aromatic N) is 1. The number of rotatable bonds is 6. The van der Waals surface area contributed by atoms with E-state index in [-0.39, 0.29) is 0 Å². The Bertz CT molecular complexity index is 503. The van der Waals surface area contributed by atoms with Crippen molar-refractivity contribution in [3.05, 3.63) is 52.5 Å². The summed E-state index contributed by atoms with van der Waals surface area (Å²) in [6.07, 6.45) is 5.53. The molecule has 0 saturated heterocycles.